The minimum atomic E-state index is 0.899. The van der Waals surface area contributed by atoms with E-state index in [4.69, 9.17) is 0 Å². The molecule has 0 fully saturated rings. The van der Waals surface area contributed by atoms with E-state index in [0.29, 0.717) is 0 Å². The molecule has 0 aromatic rings. The molecule has 0 heterocycles. The van der Waals surface area contributed by atoms with Crippen LogP contribution in [0.3, 0.4) is 0 Å². The lowest BCUT2D eigenvalue weighted by molar-refractivity contribution is 0.501. The molecule has 0 aromatic carbocycles. The summed E-state index contributed by atoms with van der Waals surface area (Å²) in [6.07, 6.45) is 26.5. The Balaban J connectivity index is 2.95. The Hall–Kier alpha value is 0.730. The summed E-state index contributed by atoms with van der Waals surface area (Å²) in [6.45, 7) is 4.68. The second-order valence-corrected chi connectivity index (χ2v) is 8.96. The normalized spacial score (nSPS) is 11.5. The van der Waals surface area contributed by atoms with Crippen molar-refractivity contribution in [3.8, 4) is 0 Å². The third kappa shape index (κ3) is 22.7. The standard InChI is InChI=1S/C22H45I/c1-22(2)20-18-16-14-12-10-8-6-4-3-5-7-9-11-13-15-17-19-21-23/h22H,3-21H2,1-2H3. The largest absolute Gasteiger partial charge is 0.0864 e. The monoisotopic (exact) mass is 436 g/mol. The van der Waals surface area contributed by atoms with Gasteiger partial charge in [0.2, 0.25) is 0 Å². The van der Waals surface area contributed by atoms with Crippen molar-refractivity contribution in [2.45, 2.75) is 129 Å². The van der Waals surface area contributed by atoms with Gasteiger partial charge in [-0.2, -0.15) is 0 Å². The van der Waals surface area contributed by atoms with E-state index in [-0.39, 0.29) is 0 Å². The highest BCUT2D eigenvalue weighted by Gasteiger charge is 1.96. The molecule has 0 aliphatic carbocycles. The van der Waals surface area contributed by atoms with Crippen LogP contribution in [-0.4, -0.2) is 4.43 Å². The van der Waals surface area contributed by atoms with Gasteiger partial charge in [0.15, 0.2) is 0 Å². The lowest BCUT2D eigenvalue weighted by Gasteiger charge is -2.05. The molecule has 0 spiro atoms. The Kier molecular flexibility index (Phi) is 21.4. The van der Waals surface area contributed by atoms with Gasteiger partial charge in [-0.15, -0.1) is 0 Å². The van der Waals surface area contributed by atoms with Gasteiger partial charge in [-0.3, -0.25) is 0 Å². The van der Waals surface area contributed by atoms with Crippen molar-refractivity contribution in [3.63, 3.8) is 0 Å². The maximum atomic E-state index is 2.49. The fourth-order valence-corrected chi connectivity index (χ4v) is 3.84. The predicted molar refractivity (Wildman–Crippen MR) is 117 cm³/mol. The van der Waals surface area contributed by atoms with Crippen molar-refractivity contribution in [2.24, 2.45) is 5.92 Å². The Morgan fingerprint density at radius 3 is 0.957 bits per heavy atom. The molecule has 0 atom stereocenters. The van der Waals surface area contributed by atoms with Gasteiger partial charge in [-0.1, -0.05) is 146 Å². The topological polar surface area (TPSA) is 0 Å². The minimum Gasteiger partial charge on any atom is -0.0864 e. The van der Waals surface area contributed by atoms with E-state index in [9.17, 15) is 0 Å². The first kappa shape index (κ1) is 23.7. The van der Waals surface area contributed by atoms with Gasteiger partial charge in [0.1, 0.15) is 0 Å². The Morgan fingerprint density at radius 1 is 0.435 bits per heavy atom. The maximum Gasteiger partial charge on any atom is -0.000473 e. The van der Waals surface area contributed by atoms with Crippen molar-refractivity contribution >= 4 is 22.6 Å². The average molecular weight is 437 g/mol. The van der Waals surface area contributed by atoms with Crippen LogP contribution in [0.1, 0.15) is 129 Å². The molecule has 23 heavy (non-hydrogen) atoms. The molecule has 0 nitrogen and oxygen atoms in total. The molecular weight excluding hydrogens is 391 g/mol. The van der Waals surface area contributed by atoms with E-state index in [0.717, 1.165) is 5.92 Å². The van der Waals surface area contributed by atoms with Crippen LogP contribution in [0.5, 0.6) is 0 Å². The summed E-state index contributed by atoms with van der Waals surface area (Å²) < 4.78 is 1.34. The summed E-state index contributed by atoms with van der Waals surface area (Å²) in [5.74, 6) is 0.899. The molecule has 0 aromatic heterocycles. The summed E-state index contributed by atoms with van der Waals surface area (Å²) in [7, 11) is 0. The first-order valence-electron chi connectivity index (χ1n) is 10.8. The van der Waals surface area contributed by atoms with E-state index < -0.39 is 0 Å². The average Bonchev–Trinajstić information content (AvgIpc) is 2.53. The van der Waals surface area contributed by atoms with E-state index >= 15 is 0 Å². The zero-order valence-corrected chi connectivity index (χ0v) is 18.5. The molecule has 0 amide bonds. The van der Waals surface area contributed by atoms with E-state index in [1.54, 1.807) is 0 Å². The number of halogens is 1. The number of unbranched alkanes of at least 4 members (excludes halogenated alkanes) is 16. The van der Waals surface area contributed by atoms with Gasteiger partial charge in [-0.25, -0.2) is 0 Å². The summed E-state index contributed by atoms with van der Waals surface area (Å²) in [5, 5.41) is 0. The van der Waals surface area contributed by atoms with Crippen LogP contribution in [-0.2, 0) is 0 Å². The highest BCUT2D eigenvalue weighted by molar-refractivity contribution is 14.1. The second-order valence-electron chi connectivity index (χ2n) is 7.88. The third-order valence-corrected chi connectivity index (χ3v) is 5.68. The van der Waals surface area contributed by atoms with Gasteiger partial charge in [0, 0.05) is 0 Å². The fourth-order valence-electron chi connectivity index (χ4n) is 3.30. The smallest absolute Gasteiger partial charge is 0.000473 e. The van der Waals surface area contributed by atoms with Crippen LogP contribution in [0, 0.1) is 5.92 Å². The third-order valence-electron chi connectivity index (χ3n) is 4.92. The zero-order chi connectivity index (χ0) is 17.0. The van der Waals surface area contributed by atoms with Crippen LogP contribution in [0.2, 0.25) is 0 Å². The Morgan fingerprint density at radius 2 is 0.696 bits per heavy atom. The molecule has 0 rings (SSSR count). The minimum absolute atomic E-state index is 0.899. The van der Waals surface area contributed by atoms with Gasteiger partial charge in [-0.05, 0) is 16.8 Å². The Bertz CT molecular complexity index is 200. The lowest BCUT2D eigenvalue weighted by atomic mass is 10.0. The highest BCUT2D eigenvalue weighted by Crippen LogP contribution is 2.15. The maximum absolute atomic E-state index is 2.49. The quantitative estimate of drug-likeness (QED) is 0.108. The van der Waals surface area contributed by atoms with Gasteiger partial charge in [0.05, 0.1) is 0 Å². The summed E-state index contributed by atoms with van der Waals surface area (Å²) in [6, 6.07) is 0. The zero-order valence-electron chi connectivity index (χ0n) is 16.4. The first-order chi connectivity index (χ1) is 11.3. The van der Waals surface area contributed by atoms with E-state index in [1.807, 2.05) is 0 Å². The molecule has 0 unspecified atom stereocenters. The van der Waals surface area contributed by atoms with Gasteiger partial charge >= 0.3 is 0 Å². The molecule has 140 valence electrons. The SMILES string of the molecule is CC(C)CCCCCCCCCCCCCCCCCCCI. The molecule has 0 saturated carbocycles. The first-order valence-corrected chi connectivity index (χ1v) is 12.4. The number of alkyl halides is 1. The van der Waals surface area contributed by atoms with Crippen LogP contribution < -0.4 is 0 Å². The molecule has 0 saturated heterocycles. The molecular formula is C22H45I. The van der Waals surface area contributed by atoms with Gasteiger partial charge in [0.25, 0.3) is 0 Å². The van der Waals surface area contributed by atoms with E-state index in [2.05, 4.69) is 36.4 Å². The van der Waals surface area contributed by atoms with Crippen LogP contribution in [0.15, 0.2) is 0 Å². The molecule has 0 aliphatic heterocycles. The second kappa shape index (κ2) is 20.8. The van der Waals surface area contributed by atoms with Crippen molar-refractivity contribution < 1.29 is 0 Å². The molecule has 0 bridgehead atoms. The fraction of sp³-hybridized carbons (Fsp3) is 1.00. The molecule has 0 radical (unpaired) electrons. The summed E-state index contributed by atoms with van der Waals surface area (Å²) in [4.78, 5) is 0. The van der Waals surface area contributed by atoms with Crippen LogP contribution in [0.4, 0.5) is 0 Å². The van der Waals surface area contributed by atoms with Crippen LogP contribution >= 0.6 is 22.6 Å². The van der Waals surface area contributed by atoms with Gasteiger partial charge < -0.3 is 0 Å². The lowest BCUT2D eigenvalue weighted by Crippen LogP contribution is -1.87. The summed E-state index contributed by atoms with van der Waals surface area (Å²) >= 11 is 2.49. The van der Waals surface area contributed by atoms with E-state index in [1.165, 1.54) is 120 Å². The predicted octanol–water partition coefficient (Wildman–Crippen LogP) is 9.10. The Labute approximate surface area is 162 Å². The molecule has 1 heteroatoms. The van der Waals surface area contributed by atoms with Crippen molar-refractivity contribution in [2.75, 3.05) is 4.43 Å². The molecule has 0 aliphatic rings. The number of hydrogen-bond donors (Lipinski definition) is 0. The summed E-state index contributed by atoms with van der Waals surface area (Å²) in [5.41, 5.74) is 0. The number of rotatable bonds is 19. The molecule has 0 N–H and O–H groups in total. The number of hydrogen-bond acceptors (Lipinski definition) is 0. The van der Waals surface area contributed by atoms with Crippen molar-refractivity contribution in [1.82, 2.24) is 0 Å². The highest BCUT2D eigenvalue weighted by atomic mass is 127. The van der Waals surface area contributed by atoms with Crippen molar-refractivity contribution in [3.05, 3.63) is 0 Å². The van der Waals surface area contributed by atoms with Crippen LogP contribution in [0.25, 0.3) is 0 Å². The van der Waals surface area contributed by atoms with Crippen molar-refractivity contribution in [1.29, 1.82) is 0 Å².